The van der Waals surface area contributed by atoms with Gasteiger partial charge in [-0.1, -0.05) is 39.8 Å². The standard InChI is InChI=1S/C16H22N2O2S/c1-6-15-17-12(2)11-18(15)21(19,20)14-9-7-13(8-10-14)16(3,4)5/h7-11H,6H2,1-5H3. The van der Waals surface area contributed by atoms with Crippen LogP contribution in [0.3, 0.4) is 0 Å². The first-order valence-electron chi connectivity index (χ1n) is 7.07. The lowest BCUT2D eigenvalue weighted by Gasteiger charge is -2.19. The highest BCUT2D eigenvalue weighted by Crippen LogP contribution is 2.24. The van der Waals surface area contributed by atoms with E-state index in [0.29, 0.717) is 22.8 Å². The predicted octanol–water partition coefficient (Wildman–Crippen LogP) is 3.29. The van der Waals surface area contributed by atoms with E-state index in [9.17, 15) is 8.42 Å². The Balaban J connectivity index is 2.49. The second kappa shape index (κ2) is 5.30. The molecule has 1 heterocycles. The van der Waals surface area contributed by atoms with E-state index in [2.05, 4.69) is 25.8 Å². The fourth-order valence-electron chi connectivity index (χ4n) is 2.21. The van der Waals surface area contributed by atoms with Crippen molar-refractivity contribution in [2.45, 2.75) is 51.3 Å². The zero-order valence-electron chi connectivity index (χ0n) is 13.2. The topological polar surface area (TPSA) is 52.0 Å². The van der Waals surface area contributed by atoms with E-state index < -0.39 is 10.0 Å². The van der Waals surface area contributed by atoms with Crippen LogP contribution in [0.1, 0.15) is 44.8 Å². The van der Waals surface area contributed by atoms with Gasteiger partial charge in [-0.25, -0.2) is 17.4 Å². The van der Waals surface area contributed by atoms with Gasteiger partial charge in [-0.05, 0) is 30.0 Å². The summed E-state index contributed by atoms with van der Waals surface area (Å²) < 4.78 is 26.7. The summed E-state index contributed by atoms with van der Waals surface area (Å²) in [4.78, 5) is 4.56. The first-order chi connectivity index (χ1) is 9.66. The summed E-state index contributed by atoms with van der Waals surface area (Å²) in [5.74, 6) is 0.562. The molecule has 0 fully saturated rings. The van der Waals surface area contributed by atoms with E-state index in [-0.39, 0.29) is 5.41 Å². The van der Waals surface area contributed by atoms with E-state index in [0.717, 1.165) is 5.56 Å². The molecule has 0 saturated carbocycles. The van der Waals surface area contributed by atoms with Gasteiger partial charge in [0.15, 0.2) is 0 Å². The van der Waals surface area contributed by atoms with Crippen LogP contribution in [0, 0.1) is 6.92 Å². The molecule has 0 bridgehead atoms. The maximum Gasteiger partial charge on any atom is 0.269 e. The fraction of sp³-hybridized carbons (Fsp3) is 0.438. The third-order valence-corrected chi connectivity index (χ3v) is 5.16. The monoisotopic (exact) mass is 306 g/mol. The summed E-state index contributed by atoms with van der Waals surface area (Å²) in [7, 11) is -3.57. The Morgan fingerprint density at radius 2 is 1.71 bits per heavy atom. The van der Waals surface area contributed by atoms with Gasteiger partial charge in [0, 0.05) is 12.6 Å². The van der Waals surface area contributed by atoms with Crippen molar-refractivity contribution in [3.63, 3.8) is 0 Å². The number of rotatable bonds is 3. The molecule has 1 aromatic carbocycles. The van der Waals surface area contributed by atoms with Crippen molar-refractivity contribution in [1.82, 2.24) is 8.96 Å². The molecule has 0 atom stereocenters. The lowest BCUT2D eigenvalue weighted by molar-refractivity contribution is 0.580. The Morgan fingerprint density at radius 1 is 1.14 bits per heavy atom. The number of benzene rings is 1. The lowest BCUT2D eigenvalue weighted by atomic mass is 9.87. The zero-order chi connectivity index (χ0) is 15.8. The molecular weight excluding hydrogens is 284 g/mol. The molecule has 5 heteroatoms. The van der Waals surface area contributed by atoms with Crippen LogP contribution in [0.15, 0.2) is 35.4 Å². The van der Waals surface area contributed by atoms with Gasteiger partial charge in [0.25, 0.3) is 10.0 Å². The van der Waals surface area contributed by atoms with E-state index >= 15 is 0 Å². The largest absolute Gasteiger partial charge is 0.269 e. The number of nitrogens with zero attached hydrogens (tertiary/aromatic N) is 2. The van der Waals surface area contributed by atoms with Crippen LogP contribution in [0.25, 0.3) is 0 Å². The Kier molecular flexibility index (Phi) is 3.97. The molecule has 0 unspecified atom stereocenters. The molecule has 0 spiro atoms. The minimum atomic E-state index is -3.57. The van der Waals surface area contributed by atoms with Crippen LogP contribution in [0.4, 0.5) is 0 Å². The number of aromatic nitrogens is 2. The molecule has 2 rings (SSSR count). The third kappa shape index (κ3) is 3.02. The molecule has 0 saturated heterocycles. The summed E-state index contributed by atoms with van der Waals surface area (Å²) in [6.07, 6.45) is 2.15. The quantitative estimate of drug-likeness (QED) is 0.874. The van der Waals surface area contributed by atoms with Gasteiger partial charge < -0.3 is 0 Å². The van der Waals surface area contributed by atoms with Gasteiger partial charge in [0.05, 0.1) is 10.6 Å². The normalized spacial score (nSPS) is 12.6. The Bertz CT molecular complexity index is 736. The number of hydrogen-bond acceptors (Lipinski definition) is 3. The maximum atomic E-state index is 12.7. The van der Waals surface area contributed by atoms with Crippen molar-refractivity contribution in [2.75, 3.05) is 0 Å². The molecule has 114 valence electrons. The van der Waals surface area contributed by atoms with Gasteiger partial charge in [-0.15, -0.1) is 0 Å². The van der Waals surface area contributed by atoms with E-state index in [4.69, 9.17) is 0 Å². The molecule has 21 heavy (non-hydrogen) atoms. The number of hydrogen-bond donors (Lipinski definition) is 0. The average molecular weight is 306 g/mol. The van der Waals surface area contributed by atoms with Crippen LogP contribution in [0.5, 0.6) is 0 Å². The average Bonchev–Trinajstić information content (AvgIpc) is 2.80. The summed E-state index contributed by atoms with van der Waals surface area (Å²) in [6, 6.07) is 7.10. The fourth-order valence-corrected chi connectivity index (χ4v) is 3.66. The van der Waals surface area contributed by atoms with Crippen LogP contribution in [0.2, 0.25) is 0 Å². The summed E-state index contributed by atoms with van der Waals surface area (Å²) in [5.41, 5.74) is 1.82. The highest BCUT2D eigenvalue weighted by atomic mass is 32.2. The van der Waals surface area contributed by atoms with Crippen LogP contribution >= 0.6 is 0 Å². The smallest absolute Gasteiger partial charge is 0.238 e. The zero-order valence-corrected chi connectivity index (χ0v) is 14.0. The van der Waals surface area contributed by atoms with E-state index in [1.807, 2.05) is 19.1 Å². The summed E-state index contributed by atoms with van der Waals surface area (Å²) in [6.45, 7) is 10.0. The Morgan fingerprint density at radius 3 is 2.19 bits per heavy atom. The second-order valence-corrected chi connectivity index (χ2v) is 8.04. The van der Waals surface area contributed by atoms with Gasteiger partial charge in [-0.2, -0.15) is 0 Å². The minimum Gasteiger partial charge on any atom is -0.238 e. The highest BCUT2D eigenvalue weighted by Gasteiger charge is 2.21. The van der Waals surface area contributed by atoms with Crippen molar-refractivity contribution < 1.29 is 8.42 Å². The van der Waals surface area contributed by atoms with Crippen molar-refractivity contribution in [3.05, 3.63) is 47.5 Å². The molecule has 0 aliphatic rings. The molecular formula is C16H22N2O2S. The Labute approximate surface area is 126 Å². The molecule has 0 N–H and O–H groups in total. The number of imidazole rings is 1. The van der Waals surface area contributed by atoms with Crippen LogP contribution in [-0.4, -0.2) is 17.4 Å². The molecule has 4 nitrogen and oxygen atoms in total. The minimum absolute atomic E-state index is 0.00244. The number of aryl methyl sites for hydroxylation is 2. The van der Waals surface area contributed by atoms with Crippen molar-refractivity contribution in [2.24, 2.45) is 0 Å². The van der Waals surface area contributed by atoms with Gasteiger partial charge >= 0.3 is 0 Å². The van der Waals surface area contributed by atoms with Crippen molar-refractivity contribution in [1.29, 1.82) is 0 Å². The highest BCUT2D eigenvalue weighted by molar-refractivity contribution is 7.90. The van der Waals surface area contributed by atoms with Crippen molar-refractivity contribution >= 4 is 10.0 Å². The molecule has 0 radical (unpaired) electrons. The molecule has 1 aromatic heterocycles. The molecule has 2 aromatic rings. The molecule has 0 aliphatic heterocycles. The lowest BCUT2D eigenvalue weighted by Crippen LogP contribution is -2.16. The predicted molar refractivity (Wildman–Crippen MR) is 84.1 cm³/mol. The van der Waals surface area contributed by atoms with E-state index in [1.54, 1.807) is 25.3 Å². The second-order valence-electron chi connectivity index (χ2n) is 6.23. The van der Waals surface area contributed by atoms with Crippen LogP contribution < -0.4 is 0 Å². The van der Waals surface area contributed by atoms with Gasteiger partial charge in [0.1, 0.15) is 5.82 Å². The summed E-state index contributed by atoms with van der Waals surface area (Å²) >= 11 is 0. The Hall–Kier alpha value is -1.62. The SMILES string of the molecule is CCc1nc(C)cn1S(=O)(=O)c1ccc(C(C)(C)C)cc1. The van der Waals surface area contributed by atoms with Gasteiger partial charge in [-0.3, -0.25) is 0 Å². The first-order valence-corrected chi connectivity index (χ1v) is 8.51. The third-order valence-electron chi connectivity index (χ3n) is 3.46. The summed E-state index contributed by atoms with van der Waals surface area (Å²) in [5, 5.41) is 0. The van der Waals surface area contributed by atoms with E-state index in [1.165, 1.54) is 3.97 Å². The molecule has 0 aliphatic carbocycles. The van der Waals surface area contributed by atoms with Crippen molar-refractivity contribution in [3.8, 4) is 0 Å². The van der Waals surface area contributed by atoms with Gasteiger partial charge in [0.2, 0.25) is 0 Å². The first kappa shape index (κ1) is 15.8. The van der Waals surface area contributed by atoms with Crippen LogP contribution in [-0.2, 0) is 21.9 Å². The molecule has 0 amide bonds. The maximum absolute atomic E-state index is 12.7.